The van der Waals surface area contributed by atoms with Crippen molar-refractivity contribution < 1.29 is 14.3 Å². The minimum Gasteiger partial charge on any atom is -0.490 e. The SMILES string of the molecule is CCOc1cc(C=Nc2sc3c(c2C(=O)Nc2ccccc2)CCCC3)cc(Cl)c1OCc1cccc2ccccc12. The number of carbonyl (C=O) groups is 1. The highest BCUT2D eigenvalue weighted by molar-refractivity contribution is 7.16. The first-order valence-electron chi connectivity index (χ1n) is 14.2. The van der Waals surface area contributed by atoms with Crippen LogP contribution in [0.1, 0.15) is 51.7 Å². The van der Waals surface area contributed by atoms with E-state index in [9.17, 15) is 4.79 Å². The maximum absolute atomic E-state index is 13.5. The number of hydrogen-bond acceptors (Lipinski definition) is 5. The molecular formula is C35H31ClN2O3S. The Kier molecular flexibility index (Phi) is 8.54. The van der Waals surface area contributed by atoms with Gasteiger partial charge in [0.05, 0.1) is 17.2 Å². The highest BCUT2D eigenvalue weighted by atomic mass is 35.5. The molecule has 1 aliphatic rings. The lowest BCUT2D eigenvalue weighted by atomic mass is 9.95. The Labute approximate surface area is 254 Å². The molecule has 212 valence electrons. The second-order valence-corrected chi connectivity index (χ2v) is 11.7. The van der Waals surface area contributed by atoms with E-state index >= 15 is 0 Å². The number of halogens is 1. The van der Waals surface area contributed by atoms with Gasteiger partial charge in [0.1, 0.15) is 11.6 Å². The monoisotopic (exact) mass is 594 g/mol. The van der Waals surface area contributed by atoms with Gasteiger partial charge in [-0.05, 0) is 84.3 Å². The molecule has 0 bridgehead atoms. The van der Waals surface area contributed by atoms with E-state index in [1.54, 1.807) is 17.6 Å². The fraction of sp³-hybridized carbons (Fsp3) is 0.200. The topological polar surface area (TPSA) is 59.9 Å². The molecular weight excluding hydrogens is 564 g/mol. The Morgan fingerprint density at radius 3 is 2.62 bits per heavy atom. The third kappa shape index (κ3) is 6.06. The van der Waals surface area contributed by atoms with E-state index in [2.05, 4.69) is 29.6 Å². The zero-order valence-electron chi connectivity index (χ0n) is 23.4. The number of aryl methyl sites for hydroxylation is 1. The van der Waals surface area contributed by atoms with Crippen LogP contribution in [0.3, 0.4) is 0 Å². The molecule has 0 saturated heterocycles. The minimum absolute atomic E-state index is 0.127. The van der Waals surface area contributed by atoms with Crippen LogP contribution in [0.25, 0.3) is 10.8 Å². The molecule has 4 aromatic carbocycles. The summed E-state index contributed by atoms with van der Waals surface area (Å²) in [5.74, 6) is 0.926. The number of thiophene rings is 1. The first kappa shape index (κ1) is 28.0. The van der Waals surface area contributed by atoms with E-state index in [1.165, 1.54) is 4.88 Å². The second kappa shape index (κ2) is 12.8. The maximum atomic E-state index is 13.5. The van der Waals surface area contributed by atoms with Crippen molar-refractivity contribution in [3.8, 4) is 11.5 Å². The van der Waals surface area contributed by atoms with Gasteiger partial charge in [0, 0.05) is 16.8 Å². The van der Waals surface area contributed by atoms with Crippen LogP contribution in [-0.4, -0.2) is 18.7 Å². The van der Waals surface area contributed by atoms with Crippen LogP contribution in [0.5, 0.6) is 11.5 Å². The molecule has 5 aromatic rings. The van der Waals surface area contributed by atoms with Gasteiger partial charge in [-0.1, -0.05) is 72.3 Å². The Hall–Kier alpha value is -4.13. The molecule has 1 heterocycles. The van der Waals surface area contributed by atoms with E-state index in [4.69, 9.17) is 26.1 Å². The molecule has 0 fully saturated rings. The highest BCUT2D eigenvalue weighted by Crippen LogP contribution is 2.41. The predicted molar refractivity (Wildman–Crippen MR) is 174 cm³/mol. The van der Waals surface area contributed by atoms with E-state index < -0.39 is 0 Å². The van der Waals surface area contributed by atoms with Gasteiger partial charge in [0.15, 0.2) is 11.5 Å². The molecule has 0 saturated carbocycles. The quantitative estimate of drug-likeness (QED) is 0.173. The molecule has 5 nitrogen and oxygen atoms in total. The summed E-state index contributed by atoms with van der Waals surface area (Å²) in [6, 6.07) is 27.7. The Bertz CT molecular complexity index is 1760. The highest BCUT2D eigenvalue weighted by Gasteiger charge is 2.25. The standard InChI is InChI=1S/C35H31ClN2O3S/c1-2-40-30-20-23(19-29(36)33(30)41-22-25-13-10-12-24-11-6-7-16-27(24)25)21-37-35-32(28-17-8-9-18-31(28)42-35)34(39)38-26-14-4-3-5-15-26/h3-7,10-16,19-21H,2,8-9,17-18,22H2,1H3,(H,38,39). The number of nitrogens with one attached hydrogen (secondary N) is 1. The number of anilines is 1. The van der Waals surface area contributed by atoms with Gasteiger partial charge in [-0.3, -0.25) is 4.79 Å². The lowest BCUT2D eigenvalue weighted by Gasteiger charge is -2.15. The molecule has 42 heavy (non-hydrogen) atoms. The zero-order valence-corrected chi connectivity index (χ0v) is 24.9. The van der Waals surface area contributed by atoms with Crippen molar-refractivity contribution in [2.24, 2.45) is 4.99 Å². The maximum Gasteiger partial charge on any atom is 0.259 e. The molecule has 0 unspecified atom stereocenters. The van der Waals surface area contributed by atoms with Crippen LogP contribution in [0.15, 0.2) is 89.9 Å². The number of nitrogens with zero attached hydrogens (tertiary/aromatic N) is 1. The molecule has 1 aliphatic carbocycles. The van der Waals surface area contributed by atoms with Crippen molar-refractivity contribution in [2.75, 3.05) is 11.9 Å². The molecule has 0 atom stereocenters. The van der Waals surface area contributed by atoms with Crippen molar-refractivity contribution in [3.63, 3.8) is 0 Å². The molecule has 1 N–H and O–H groups in total. The summed E-state index contributed by atoms with van der Waals surface area (Å²) in [6.07, 6.45) is 5.82. The van der Waals surface area contributed by atoms with Crippen molar-refractivity contribution in [3.05, 3.63) is 117 Å². The summed E-state index contributed by atoms with van der Waals surface area (Å²) in [7, 11) is 0. The van der Waals surface area contributed by atoms with Crippen LogP contribution in [-0.2, 0) is 19.4 Å². The molecule has 1 amide bonds. The van der Waals surface area contributed by atoms with Gasteiger partial charge in [0.2, 0.25) is 0 Å². The average Bonchev–Trinajstić information content (AvgIpc) is 3.39. The van der Waals surface area contributed by atoms with Crippen molar-refractivity contribution in [1.82, 2.24) is 0 Å². The first-order valence-corrected chi connectivity index (χ1v) is 15.4. The fourth-order valence-electron chi connectivity index (χ4n) is 5.36. The van der Waals surface area contributed by atoms with Crippen LogP contribution >= 0.6 is 22.9 Å². The summed E-state index contributed by atoms with van der Waals surface area (Å²) in [6.45, 7) is 2.75. The van der Waals surface area contributed by atoms with Crippen LogP contribution in [0, 0.1) is 0 Å². The number of carbonyl (C=O) groups excluding carboxylic acids is 1. The minimum atomic E-state index is -0.127. The number of aliphatic imine (C=N–C) groups is 1. The summed E-state index contributed by atoms with van der Waals surface area (Å²) in [5, 5.41) is 6.50. The zero-order chi connectivity index (χ0) is 28.9. The van der Waals surface area contributed by atoms with Gasteiger partial charge in [-0.2, -0.15) is 0 Å². The number of para-hydroxylation sites is 1. The van der Waals surface area contributed by atoms with Crippen LogP contribution in [0.2, 0.25) is 5.02 Å². The van der Waals surface area contributed by atoms with Gasteiger partial charge in [-0.25, -0.2) is 4.99 Å². The fourth-order valence-corrected chi connectivity index (χ4v) is 6.86. The van der Waals surface area contributed by atoms with E-state index in [-0.39, 0.29) is 5.91 Å². The molecule has 6 rings (SSSR count). The summed E-state index contributed by atoms with van der Waals surface area (Å²) >= 11 is 8.36. The molecule has 0 radical (unpaired) electrons. The average molecular weight is 595 g/mol. The van der Waals surface area contributed by atoms with E-state index in [0.717, 1.165) is 58.8 Å². The molecule has 1 aromatic heterocycles. The predicted octanol–water partition coefficient (Wildman–Crippen LogP) is 9.41. The number of ether oxygens (including phenoxy) is 2. The normalized spacial score (nSPS) is 12.8. The first-order chi connectivity index (χ1) is 20.6. The molecule has 0 spiro atoms. The van der Waals surface area contributed by atoms with Gasteiger partial charge < -0.3 is 14.8 Å². The smallest absolute Gasteiger partial charge is 0.259 e. The summed E-state index contributed by atoms with van der Waals surface area (Å²) < 4.78 is 12.2. The Morgan fingerprint density at radius 1 is 0.976 bits per heavy atom. The third-order valence-corrected chi connectivity index (χ3v) is 8.81. The van der Waals surface area contributed by atoms with E-state index in [1.807, 2.05) is 67.6 Å². The summed E-state index contributed by atoms with van der Waals surface area (Å²) in [4.78, 5) is 19.5. The third-order valence-electron chi connectivity index (χ3n) is 7.33. The summed E-state index contributed by atoms with van der Waals surface area (Å²) in [5.41, 5.74) is 4.39. The number of benzene rings is 4. The second-order valence-electron chi connectivity index (χ2n) is 10.2. The van der Waals surface area contributed by atoms with Gasteiger partial charge >= 0.3 is 0 Å². The number of fused-ring (bicyclic) bond motifs is 2. The van der Waals surface area contributed by atoms with Crippen molar-refractivity contribution in [2.45, 2.75) is 39.2 Å². The number of rotatable bonds is 9. The van der Waals surface area contributed by atoms with Crippen LogP contribution < -0.4 is 14.8 Å². The lowest BCUT2D eigenvalue weighted by molar-refractivity contribution is 0.102. The van der Waals surface area contributed by atoms with Crippen molar-refractivity contribution in [1.29, 1.82) is 0 Å². The van der Waals surface area contributed by atoms with Gasteiger partial charge in [-0.15, -0.1) is 11.3 Å². The van der Waals surface area contributed by atoms with Crippen molar-refractivity contribution >= 4 is 56.5 Å². The van der Waals surface area contributed by atoms with E-state index in [0.29, 0.717) is 40.3 Å². The largest absolute Gasteiger partial charge is 0.490 e. The number of amides is 1. The molecule has 7 heteroatoms. The van der Waals surface area contributed by atoms with Gasteiger partial charge in [0.25, 0.3) is 5.91 Å². The number of hydrogen-bond donors (Lipinski definition) is 1. The Balaban J connectivity index is 1.28. The molecule has 0 aliphatic heterocycles. The Morgan fingerprint density at radius 2 is 1.76 bits per heavy atom. The van der Waals surface area contributed by atoms with Crippen LogP contribution in [0.4, 0.5) is 10.7 Å². The lowest BCUT2D eigenvalue weighted by Crippen LogP contribution is -2.14.